The lowest BCUT2D eigenvalue weighted by molar-refractivity contribution is -0.0875. The number of allylic oxidation sites excluding steroid dienone is 2. The highest BCUT2D eigenvalue weighted by Gasteiger charge is 2.58. The van der Waals surface area contributed by atoms with Crippen molar-refractivity contribution >= 4 is 6.09 Å². The number of likely N-dealkylation sites (tertiary alicyclic amines) is 1. The van der Waals surface area contributed by atoms with Crippen molar-refractivity contribution in [1.29, 1.82) is 0 Å². The van der Waals surface area contributed by atoms with Crippen LogP contribution in [0.5, 0.6) is 0 Å². The van der Waals surface area contributed by atoms with Gasteiger partial charge < -0.3 is 19.8 Å². The standard InChI is InChI=1S/C30H42N2O4/c1-29-13-11-22(36-28(34)32-15-3-4-21(31)17-32)16-20(29)6-7-23-25-9-8-24(19-5-10-27(33)35-18-19)30(25,2)14-12-26(23)29/h5,9-10,18,20-24,26H,3-4,6-8,11-17,31H2,1-2H3/t20-,21?,22+,23+,24-,26+,29+,30-/m1/s1. The highest BCUT2D eigenvalue weighted by molar-refractivity contribution is 5.68. The van der Waals surface area contributed by atoms with E-state index in [9.17, 15) is 9.59 Å². The quantitative estimate of drug-likeness (QED) is 0.540. The third-order valence-electron chi connectivity index (χ3n) is 11.1. The first-order valence-corrected chi connectivity index (χ1v) is 14.3. The average molecular weight is 495 g/mol. The summed E-state index contributed by atoms with van der Waals surface area (Å²) in [5.41, 5.74) is 9.13. The molecule has 6 heteroatoms. The van der Waals surface area contributed by atoms with E-state index in [1.807, 2.05) is 11.0 Å². The summed E-state index contributed by atoms with van der Waals surface area (Å²) in [4.78, 5) is 26.2. The molecule has 2 N–H and O–H groups in total. The molecule has 4 fully saturated rings. The summed E-state index contributed by atoms with van der Waals surface area (Å²) in [6.07, 6.45) is 15.2. The Balaban J connectivity index is 1.14. The van der Waals surface area contributed by atoms with E-state index in [0.29, 0.717) is 35.6 Å². The first kappa shape index (κ1) is 24.3. The molecular formula is C30H42N2O4. The van der Waals surface area contributed by atoms with Gasteiger partial charge in [0, 0.05) is 25.2 Å². The number of hydrogen-bond donors (Lipinski definition) is 1. The first-order valence-electron chi connectivity index (χ1n) is 14.3. The fourth-order valence-corrected chi connectivity index (χ4v) is 9.12. The lowest BCUT2D eigenvalue weighted by Gasteiger charge is -2.59. The van der Waals surface area contributed by atoms with E-state index >= 15 is 0 Å². The molecule has 6 rings (SSSR count). The second-order valence-corrected chi connectivity index (χ2v) is 12.9. The fourth-order valence-electron chi connectivity index (χ4n) is 9.12. The molecule has 8 atom stereocenters. The van der Waals surface area contributed by atoms with Crippen LogP contribution in [0.3, 0.4) is 0 Å². The molecule has 0 bridgehead atoms. The molecule has 0 radical (unpaired) electrons. The molecule has 5 aliphatic rings. The van der Waals surface area contributed by atoms with Crippen LogP contribution in [0.4, 0.5) is 4.79 Å². The molecule has 0 spiro atoms. The SMILES string of the molecule is C[C@]12CC[C@H](OC(=O)N3CCCC(N)C3)C[C@H]1CC[C@H]1C3=CC[C@H](c4ccc(=O)oc4)[C@@]3(C)CC[C@@H]12. The number of carbonyl (C=O) groups is 1. The maximum Gasteiger partial charge on any atom is 0.410 e. The van der Waals surface area contributed by atoms with Crippen molar-refractivity contribution in [2.45, 2.75) is 96.1 Å². The van der Waals surface area contributed by atoms with Crippen molar-refractivity contribution in [3.05, 3.63) is 46.0 Å². The van der Waals surface area contributed by atoms with Gasteiger partial charge in [-0.1, -0.05) is 25.5 Å². The van der Waals surface area contributed by atoms with E-state index in [0.717, 1.165) is 45.1 Å². The van der Waals surface area contributed by atoms with E-state index in [1.165, 1.54) is 31.2 Å². The van der Waals surface area contributed by atoms with Crippen LogP contribution in [0.2, 0.25) is 0 Å². The normalized spacial score (nSPS) is 42.1. The summed E-state index contributed by atoms with van der Waals surface area (Å²) in [6.45, 7) is 6.39. The Hall–Kier alpha value is -2.08. The molecule has 1 unspecified atom stereocenters. The van der Waals surface area contributed by atoms with Gasteiger partial charge in [0.25, 0.3) is 0 Å². The molecular weight excluding hydrogens is 452 g/mol. The zero-order valence-corrected chi connectivity index (χ0v) is 21.9. The summed E-state index contributed by atoms with van der Waals surface area (Å²) in [5.74, 6) is 2.39. The van der Waals surface area contributed by atoms with Crippen LogP contribution < -0.4 is 11.4 Å². The number of nitrogens with zero attached hydrogens (tertiary/aromatic N) is 1. The number of nitrogens with two attached hydrogens (primary N) is 1. The number of hydrogen-bond acceptors (Lipinski definition) is 5. The maximum atomic E-state index is 12.8. The van der Waals surface area contributed by atoms with Crippen molar-refractivity contribution in [3.8, 4) is 0 Å². The summed E-state index contributed by atoms with van der Waals surface area (Å²) >= 11 is 0. The van der Waals surface area contributed by atoms with E-state index in [1.54, 1.807) is 17.9 Å². The van der Waals surface area contributed by atoms with Crippen molar-refractivity contribution in [2.24, 2.45) is 34.3 Å². The van der Waals surface area contributed by atoms with Crippen LogP contribution in [-0.4, -0.2) is 36.2 Å². The van der Waals surface area contributed by atoms with Gasteiger partial charge in [0.1, 0.15) is 6.10 Å². The Bertz CT molecular complexity index is 1080. The molecule has 1 aromatic rings. The van der Waals surface area contributed by atoms with E-state index in [4.69, 9.17) is 14.9 Å². The van der Waals surface area contributed by atoms with Crippen LogP contribution in [0.25, 0.3) is 0 Å². The first-order chi connectivity index (χ1) is 17.3. The molecule has 4 aliphatic carbocycles. The minimum atomic E-state index is -0.272. The van der Waals surface area contributed by atoms with Gasteiger partial charge in [0.05, 0.1) is 6.26 Å². The van der Waals surface area contributed by atoms with Gasteiger partial charge in [0.15, 0.2) is 0 Å². The predicted molar refractivity (Wildman–Crippen MR) is 138 cm³/mol. The molecule has 196 valence electrons. The number of rotatable bonds is 2. The Kier molecular flexibility index (Phi) is 6.09. The molecule has 6 nitrogen and oxygen atoms in total. The number of fused-ring (bicyclic) bond motifs is 5. The van der Waals surface area contributed by atoms with Crippen molar-refractivity contribution < 1.29 is 13.9 Å². The van der Waals surface area contributed by atoms with Crippen LogP contribution >= 0.6 is 0 Å². The average Bonchev–Trinajstić information content (AvgIpc) is 3.22. The third kappa shape index (κ3) is 3.95. The number of piperidine rings is 1. The van der Waals surface area contributed by atoms with Crippen LogP contribution in [-0.2, 0) is 4.74 Å². The van der Waals surface area contributed by atoms with Gasteiger partial charge >= 0.3 is 11.7 Å². The maximum absolute atomic E-state index is 12.8. The molecule has 1 saturated heterocycles. The minimum Gasteiger partial charge on any atom is -0.446 e. The highest BCUT2D eigenvalue weighted by atomic mass is 16.6. The Labute approximate surface area is 214 Å². The zero-order valence-electron chi connectivity index (χ0n) is 21.9. The zero-order chi connectivity index (χ0) is 25.1. The summed E-state index contributed by atoms with van der Waals surface area (Å²) in [6, 6.07) is 3.63. The van der Waals surface area contributed by atoms with E-state index in [-0.39, 0.29) is 29.3 Å². The largest absolute Gasteiger partial charge is 0.446 e. The topological polar surface area (TPSA) is 85.8 Å². The van der Waals surface area contributed by atoms with Gasteiger partial charge in [-0.2, -0.15) is 0 Å². The summed E-state index contributed by atoms with van der Waals surface area (Å²) in [7, 11) is 0. The molecule has 0 aromatic carbocycles. The highest BCUT2D eigenvalue weighted by Crippen LogP contribution is 2.67. The smallest absolute Gasteiger partial charge is 0.410 e. The third-order valence-corrected chi connectivity index (χ3v) is 11.1. The van der Waals surface area contributed by atoms with Crippen molar-refractivity contribution in [3.63, 3.8) is 0 Å². The van der Waals surface area contributed by atoms with Gasteiger partial charge in [-0.15, -0.1) is 0 Å². The molecule has 1 aromatic heterocycles. The monoisotopic (exact) mass is 494 g/mol. The molecule has 3 saturated carbocycles. The second kappa shape index (κ2) is 9.04. The summed E-state index contributed by atoms with van der Waals surface area (Å²) < 4.78 is 11.3. The number of ether oxygens (including phenoxy) is 1. The van der Waals surface area contributed by atoms with Crippen molar-refractivity contribution in [2.75, 3.05) is 13.1 Å². The van der Waals surface area contributed by atoms with Crippen molar-refractivity contribution in [1.82, 2.24) is 4.90 Å². The molecule has 1 aliphatic heterocycles. The van der Waals surface area contributed by atoms with Gasteiger partial charge in [-0.3, -0.25) is 0 Å². The minimum absolute atomic E-state index is 0.0435. The van der Waals surface area contributed by atoms with Crippen LogP contribution in [0.1, 0.15) is 89.5 Å². The van der Waals surface area contributed by atoms with Crippen LogP contribution in [0, 0.1) is 28.6 Å². The molecule has 1 amide bonds. The van der Waals surface area contributed by atoms with Crippen LogP contribution in [0.15, 0.2) is 39.3 Å². The second-order valence-electron chi connectivity index (χ2n) is 12.9. The Morgan fingerprint density at radius 3 is 2.78 bits per heavy atom. The molecule has 2 heterocycles. The predicted octanol–water partition coefficient (Wildman–Crippen LogP) is 5.61. The summed E-state index contributed by atoms with van der Waals surface area (Å²) in [5, 5.41) is 0. The fraction of sp³-hybridized carbons (Fsp3) is 0.733. The lowest BCUT2D eigenvalue weighted by Crippen LogP contribution is -2.52. The van der Waals surface area contributed by atoms with Gasteiger partial charge in [-0.05, 0) is 110 Å². The van der Waals surface area contributed by atoms with Gasteiger partial charge in [0.2, 0.25) is 0 Å². The van der Waals surface area contributed by atoms with E-state index < -0.39 is 0 Å². The lowest BCUT2D eigenvalue weighted by atomic mass is 9.46. The van der Waals surface area contributed by atoms with Gasteiger partial charge in [-0.25, -0.2) is 9.59 Å². The number of amides is 1. The Morgan fingerprint density at radius 1 is 1.14 bits per heavy atom. The number of carbonyl (C=O) groups excluding carboxylic acids is 1. The van der Waals surface area contributed by atoms with E-state index in [2.05, 4.69) is 19.9 Å². The molecule has 36 heavy (non-hydrogen) atoms. The Morgan fingerprint density at radius 2 is 2.00 bits per heavy atom.